The van der Waals surface area contributed by atoms with Gasteiger partial charge in [0.05, 0.1) is 6.33 Å². The largest absolute Gasteiger partial charge is 0.391 e. The first-order chi connectivity index (χ1) is 7.32. The predicted octanol–water partition coefficient (Wildman–Crippen LogP) is 1.45. The maximum Gasteiger partial charge on any atom is 0.276 e. The van der Waals surface area contributed by atoms with Crippen LogP contribution in [0.15, 0.2) is 11.1 Å². The van der Waals surface area contributed by atoms with Gasteiger partial charge in [0.1, 0.15) is 5.69 Å². The van der Waals surface area contributed by atoms with Gasteiger partial charge in [0.15, 0.2) is 5.82 Å². The molecule has 0 aromatic carbocycles. The van der Waals surface area contributed by atoms with E-state index in [1.165, 1.54) is 6.33 Å². The Balaban J connectivity index is 2.69. The number of hydrogen-bond donors (Lipinski definition) is 3. The molecule has 1 atom stereocenters. The molecule has 0 radical (unpaired) electrons. The second-order valence-electron chi connectivity index (χ2n) is 5.14. The van der Waals surface area contributed by atoms with Crippen molar-refractivity contribution in [3.63, 3.8) is 0 Å². The molecule has 0 aliphatic rings. The molecule has 0 saturated heterocycles. The summed E-state index contributed by atoms with van der Waals surface area (Å²) in [5.74, 6) is 0.910. The monoisotopic (exact) mass is 224 g/mol. The maximum absolute atomic E-state index is 11.2. The highest BCUT2D eigenvalue weighted by molar-refractivity contribution is 5.58. The molecule has 1 unspecified atom stereocenters. The normalized spacial score (nSPS) is 13.5. The van der Waals surface area contributed by atoms with Crippen LogP contribution in [0.2, 0.25) is 0 Å². The summed E-state index contributed by atoms with van der Waals surface area (Å²) in [6.45, 7) is 9.41. The fourth-order valence-corrected chi connectivity index (χ4v) is 1.11. The van der Waals surface area contributed by atoms with Crippen molar-refractivity contribution in [1.29, 1.82) is 0 Å². The van der Waals surface area contributed by atoms with Crippen LogP contribution in [-0.4, -0.2) is 16.5 Å². The van der Waals surface area contributed by atoms with Gasteiger partial charge in [-0.05, 0) is 11.3 Å². The molecule has 0 saturated carbocycles. The molecular formula is C11H20N4O. The van der Waals surface area contributed by atoms with E-state index in [2.05, 4.69) is 43.0 Å². The van der Waals surface area contributed by atoms with Crippen molar-refractivity contribution in [1.82, 2.24) is 9.97 Å². The van der Waals surface area contributed by atoms with Crippen molar-refractivity contribution in [3.05, 3.63) is 16.7 Å². The molecule has 90 valence electrons. The van der Waals surface area contributed by atoms with E-state index in [-0.39, 0.29) is 16.7 Å². The molecule has 0 amide bonds. The first-order valence-corrected chi connectivity index (χ1v) is 5.39. The molecule has 0 fully saturated rings. The van der Waals surface area contributed by atoms with E-state index in [1.54, 1.807) is 0 Å². The van der Waals surface area contributed by atoms with Gasteiger partial charge >= 0.3 is 0 Å². The van der Waals surface area contributed by atoms with Crippen molar-refractivity contribution in [2.24, 2.45) is 11.3 Å². The standard InChI is InChI=1S/C11H20N4O/c1-7(11(2,3)4)5-13-9-8(12)10(16)15-6-14-9/h6-7H,5,12H2,1-4H3,(H2,13,14,15,16). The van der Waals surface area contributed by atoms with Crippen LogP contribution in [0.1, 0.15) is 27.7 Å². The minimum Gasteiger partial charge on any atom is -0.391 e. The molecule has 0 aliphatic carbocycles. The van der Waals surface area contributed by atoms with E-state index < -0.39 is 0 Å². The Labute approximate surface area is 95.5 Å². The van der Waals surface area contributed by atoms with Gasteiger partial charge in [-0.3, -0.25) is 4.79 Å². The number of nitrogens with one attached hydrogen (secondary N) is 2. The van der Waals surface area contributed by atoms with Crippen molar-refractivity contribution < 1.29 is 0 Å². The van der Waals surface area contributed by atoms with Crippen LogP contribution in [-0.2, 0) is 0 Å². The lowest BCUT2D eigenvalue weighted by molar-refractivity contribution is 0.274. The average molecular weight is 224 g/mol. The van der Waals surface area contributed by atoms with Gasteiger partial charge in [0, 0.05) is 6.54 Å². The van der Waals surface area contributed by atoms with Crippen LogP contribution >= 0.6 is 0 Å². The zero-order valence-electron chi connectivity index (χ0n) is 10.3. The summed E-state index contributed by atoms with van der Waals surface area (Å²) in [7, 11) is 0. The van der Waals surface area contributed by atoms with E-state index in [9.17, 15) is 4.79 Å². The van der Waals surface area contributed by atoms with Gasteiger partial charge in [0.2, 0.25) is 0 Å². The van der Waals surface area contributed by atoms with Gasteiger partial charge in [-0.1, -0.05) is 27.7 Å². The summed E-state index contributed by atoms with van der Waals surface area (Å²) in [6, 6.07) is 0. The number of rotatable bonds is 3. The number of nitrogens with zero attached hydrogens (tertiary/aromatic N) is 1. The Bertz CT molecular complexity index is 405. The molecule has 0 aliphatic heterocycles. The third-order valence-corrected chi connectivity index (χ3v) is 2.94. The summed E-state index contributed by atoms with van der Waals surface area (Å²) in [4.78, 5) is 17.6. The molecule has 1 rings (SSSR count). The Morgan fingerprint density at radius 1 is 1.56 bits per heavy atom. The zero-order chi connectivity index (χ0) is 12.3. The van der Waals surface area contributed by atoms with Crippen LogP contribution in [0.3, 0.4) is 0 Å². The van der Waals surface area contributed by atoms with Gasteiger partial charge in [-0.25, -0.2) is 4.98 Å². The van der Waals surface area contributed by atoms with Crippen LogP contribution in [0.5, 0.6) is 0 Å². The highest BCUT2D eigenvalue weighted by atomic mass is 16.1. The Kier molecular flexibility index (Phi) is 3.57. The molecule has 0 spiro atoms. The van der Waals surface area contributed by atoms with E-state index in [0.29, 0.717) is 11.7 Å². The fraction of sp³-hybridized carbons (Fsp3) is 0.636. The summed E-state index contributed by atoms with van der Waals surface area (Å²) >= 11 is 0. The second kappa shape index (κ2) is 4.55. The first-order valence-electron chi connectivity index (χ1n) is 5.39. The van der Waals surface area contributed by atoms with Crippen LogP contribution in [0.25, 0.3) is 0 Å². The number of aromatic amines is 1. The van der Waals surface area contributed by atoms with Crippen LogP contribution in [0, 0.1) is 11.3 Å². The summed E-state index contributed by atoms with van der Waals surface area (Å²) in [5.41, 5.74) is 5.66. The topological polar surface area (TPSA) is 83.8 Å². The van der Waals surface area contributed by atoms with Crippen molar-refractivity contribution in [2.45, 2.75) is 27.7 Å². The number of H-pyrrole nitrogens is 1. The highest BCUT2D eigenvalue weighted by Gasteiger charge is 2.20. The Morgan fingerprint density at radius 2 is 2.19 bits per heavy atom. The number of anilines is 2. The lowest BCUT2D eigenvalue weighted by Gasteiger charge is -2.27. The predicted molar refractivity (Wildman–Crippen MR) is 66.4 cm³/mol. The maximum atomic E-state index is 11.2. The summed E-state index contributed by atoms with van der Waals surface area (Å²) < 4.78 is 0. The van der Waals surface area contributed by atoms with E-state index in [0.717, 1.165) is 6.54 Å². The molecule has 0 bridgehead atoms. The molecule has 5 heteroatoms. The second-order valence-corrected chi connectivity index (χ2v) is 5.14. The van der Waals surface area contributed by atoms with E-state index >= 15 is 0 Å². The third-order valence-electron chi connectivity index (χ3n) is 2.94. The minimum absolute atomic E-state index is 0.142. The SMILES string of the molecule is CC(CNc1nc[nH]c(=O)c1N)C(C)(C)C. The van der Waals surface area contributed by atoms with Crippen LogP contribution in [0.4, 0.5) is 11.5 Å². The lowest BCUT2D eigenvalue weighted by atomic mass is 9.82. The van der Waals surface area contributed by atoms with Crippen LogP contribution < -0.4 is 16.6 Å². The van der Waals surface area contributed by atoms with E-state index in [4.69, 9.17) is 5.73 Å². The quantitative estimate of drug-likeness (QED) is 0.725. The zero-order valence-corrected chi connectivity index (χ0v) is 10.3. The number of nitrogen functional groups attached to an aromatic ring is 1. The number of hydrogen-bond acceptors (Lipinski definition) is 4. The molecular weight excluding hydrogens is 204 g/mol. The number of aromatic nitrogens is 2. The Hall–Kier alpha value is -1.52. The Morgan fingerprint density at radius 3 is 2.75 bits per heavy atom. The summed E-state index contributed by atoms with van der Waals surface area (Å²) in [6.07, 6.45) is 1.35. The van der Waals surface area contributed by atoms with Crippen molar-refractivity contribution >= 4 is 11.5 Å². The van der Waals surface area contributed by atoms with Gasteiger partial charge in [-0.15, -0.1) is 0 Å². The fourth-order valence-electron chi connectivity index (χ4n) is 1.11. The minimum atomic E-state index is -0.305. The molecule has 4 N–H and O–H groups in total. The van der Waals surface area contributed by atoms with Gasteiger partial charge in [-0.2, -0.15) is 0 Å². The number of nitrogens with two attached hydrogens (primary N) is 1. The molecule has 5 nitrogen and oxygen atoms in total. The average Bonchev–Trinajstić information content (AvgIpc) is 2.18. The molecule has 1 aromatic rings. The smallest absolute Gasteiger partial charge is 0.276 e. The van der Waals surface area contributed by atoms with Gasteiger partial charge < -0.3 is 16.0 Å². The third kappa shape index (κ3) is 2.98. The van der Waals surface area contributed by atoms with Crippen molar-refractivity contribution in [3.8, 4) is 0 Å². The van der Waals surface area contributed by atoms with Crippen molar-refractivity contribution in [2.75, 3.05) is 17.6 Å². The van der Waals surface area contributed by atoms with Gasteiger partial charge in [0.25, 0.3) is 5.56 Å². The highest BCUT2D eigenvalue weighted by Crippen LogP contribution is 2.25. The molecule has 16 heavy (non-hydrogen) atoms. The molecule has 1 aromatic heterocycles. The summed E-state index contributed by atoms with van der Waals surface area (Å²) in [5, 5.41) is 3.10. The van der Waals surface area contributed by atoms with E-state index in [1.807, 2.05) is 0 Å². The first kappa shape index (κ1) is 12.5. The molecule has 1 heterocycles. The lowest BCUT2D eigenvalue weighted by Crippen LogP contribution is -2.26.